The molecule has 0 spiro atoms. The van der Waals surface area contributed by atoms with Gasteiger partial charge in [0.2, 0.25) is 5.91 Å². The number of amides is 2. The molecule has 0 radical (unpaired) electrons. The molecule has 0 aromatic carbocycles. The number of carbonyl (C=O) groups excluding carboxylic acids is 2. The molecule has 2 rings (SSSR count). The van der Waals surface area contributed by atoms with Gasteiger partial charge in [0, 0.05) is 32.6 Å². The quantitative estimate of drug-likeness (QED) is 0.800. The fourth-order valence-corrected chi connectivity index (χ4v) is 3.13. The van der Waals surface area contributed by atoms with Crippen LogP contribution < -0.4 is 0 Å². The van der Waals surface area contributed by atoms with Crippen LogP contribution in [0, 0.1) is 6.92 Å². The van der Waals surface area contributed by atoms with Crippen LogP contribution in [0.1, 0.15) is 49.7 Å². The molecule has 6 heteroatoms. The summed E-state index contributed by atoms with van der Waals surface area (Å²) in [7, 11) is 0. The predicted octanol–water partition coefficient (Wildman–Crippen LogP) is 2.47. The average Bonchev–Trinajstić information content (AvgIpc) is 2.95. The molecule has 1 aromatic heterocycles. The number of carbonyl (C=O) groups is 2. The van der Waals surface area contributed by atoms with Gasteiger partial charge in [0.25, 0.3) is 5.91 Å². The van der Waals surface area contributed by atoms with Crippen LogP contribution in [0.3, 0.4) is 0 Å². The first-order valence-corrected chi connectivity index (χ1v) is 8.69. The molecular formula is C18H28N2O4. The summed E-state index contributed by atoms with van der Waals surface area (Å²) >= 11 is 0. The summed E-state index contributed by atoms with van der Waals surface area (Å²) in [6.45, 7) is 10.0. The van der Waals surface area contributed by atoms with Gasteiger partial charge in [0.15, 0.2) is 0 Å². The Hall–Kier alpha value is -1.82. The van der Waals surface area contributed by atoms with E-state index in [-0.39, 0.29) is 24.0 Å². The number of aryl methyl sites for hydroxylation is 1. The van der Waals surface area contributed by atoms with Crippen LogP contribution in [0.15, 0.2) is 16.7 Å². The highest BCUT2D eigenvalue weighted by atomic mass is 16.5. The van der Waals surface area contributed by atoms with Gasteiger partial charge in [0.05, 0.1) is 24.0 Å². The Morgan fingerprint density at radius 1 is 1.25 bits per heavy atom. The zero-order chi connectivity index (χ0) is 17.7. The molecule has 1 aliphatic rings. The lowest BCUT2D eigenvalue weighted by Gasteiger charge is -2.35. The van der Waals surface area contributed by atoms with Crippen molar-refractivity contribution in [2.24, 2.45) is 0 Å². The summed E-state index contributed by atoms with van der Waals surface area (Å²) in [4.78, 5) is 28.7. The van der Waals surface area contributed by atoms with Gasteiger partial charge in [-0.3, -0.25) is 9.59 Å². The predicted molar refractivity (Wildman–Crippen MR) is 90.8 cm³/mol. The van der Waals surface area contributed by atoms with Crippen molar-refractivity contribution in [1.82, 2.24) is 9.80 Å². The number of hydrogen-bond acceptors (Lipinski definition) is 4. The third kappa shape index (κ3) is 4.60. The van der Waals surface area contributed by atoms with Gasteiger partial charge in [-0.05, 0) is 33.3 Å². The minimum atomic E-state index is -0.0698. The highest BCUT2D eigenvalue weighted by molar-refractivity contribution is 5.95. The summed E-state index contributed by atoms with van der Waals surface area (Å²) in [5.74, 6) is 0.623. The van der Waals surface area contributed by atoms with E-state index < -0.39 is 0 Å². The molecule has 2 heterocycles. The van der Waals surface area contributed by atoms with Gasteiger partial charge < -0.3 is 19.0 Å². The second kappa shape index (κ2) is 8.33. The smallest absolute Gasteiger partial charge is 0.257 e. The molecule has 1 fully saturated rings. The molecule has 0 saturated carbocycles. The average molecular weight is 336 g/mol. The Morgan fingerprint density at radius 2 is 1.92 bits per heavy atom. The Bertz CT molecular complexity index is 559. The van der Waals surface area contributed by atoms with Gasteiger partial charge in [-0.2, -0.15) is 0 Å². The Balaban J connectivity index is 1.94. The van der Waals surface area contributed by atoms with Gasteiger partial charge >= 0.3 is 0 Å². The number of ether oxygens (including phenoxy) is 1. The van der Waals surface area contributed by atoms with E-state index in [0.29, 0.717) is 43.9 Å². The van der Waals surface area contributed by atoms with E-state index in [0.717, 1.165) is 6.42 Å². The minimum absolute atomic E-state index is 0.0552. The van der Waals surface area contributed by atoms with Crippen LogP contribution in [-0.2, 0) is 9.53 Å². The van der Waals surface area contributed by atoms with Crippen molar-refractivity contribution in [3.05, 3.63) is 23.7 Å². The van der Waals surface area contributed by atoms with E-state index in [1.54, 1.807) is 17.9 Å². The maximum absolute atomic E-state index is 12.6. The van der Waals surface area contributed by atoms with E-state index in [4.69, 9.17) is 9.15 Å². The molecule has 0 bridgehead atoms. The van der Waals surface area contributed by atoms with E-state index in [2.05, 4.69) is 0 Å². The molecule has 0 aliphatic carbocycles. The van der Waals surface area contributed by atoms with Crippen LogP contribution in [0.25, 0.3) is 0 Å². The first-order valence-electron chi connectivity index (χ1n) is 8.69. The molecule has 1 saturated heterocycles. The van der Waals surface area contributed by atoms with Crippen molar-refractivity contribution in [2.75, 3.05) is 26.2 Å². The molecule has 24 heavy (non-hydrogen) atoms. The van der Waals surface area contributed by atoms with Crippen molar-refractivity contribution in [3.63, 3.8) is 0 Å². The van der Waals surface area contributed by atoms with Gasteiger partial charge in [-0.1, -0.05) is 6.92 Å². The third-order valence-corrected chi connectivity index (χ3v) is 4.24. The third-order valence-electron chi connectivity index (χ3n) is 4.24. The number of nitrogens with zero attached hydrogens (tertiary/aromatic N) is 2. The molecule has 134 valence electrons. The SMILES string of the molecule is CCCN(CCC(=O)N1C[C@@H](C)O[C@H](C)C1)C(=O)c1ccoc1C. The minimum Gasteiger partial charge on any atom is -0.469 e. The Kier molecular flexibility index (Phi) is 6.43. The van der Waals surface area contributed by atoms with Crippen LogP contribution >= 0.6 is 0 Å². The standard InChI is InChI=1S/C18H28N2O4/c1-5-8-19(18(22)16-7-10-23-15(16)4)9-6-17(21)20-11-13(2)24-14(3)12-20/h7,10,13-14H,5-6,8-9,11-12H2,1-4H3/t13-,14-/m1/s1. The van der Waals surface area contributed by atoms with Crippen LogP contribution in [0.2, 0.25) is 0 Å². The molecule has 6 nitrogen and oxygen atoms in total. The number of hydrogen-bond donors (Lipinski definition) is 0. The van der Waals surface area contributed by atoms with Gasteiger partial charge in [-0.25, -0.2) is 0 Å². The van der Waals surface area contributed by atoms with Crippen LogP contribution in [-0.4, -0.2) is 60.0 Å². The van der Waals surface area contributed by atoms with E-state index >= 15 is 0 Å². The lowest BCUT2D eigenvalue weighted by molar-refractivity contribution is -0.143. The number of rotatable bonds is 6. The molecule has 0 N–H and O–H groups in total. The number of morpholine rings is 1. The summed E-state index contributed by atoms with van der Waals surface area (Å²) in [5, 5.41) is 0. The molecular weight excluding hydrogens is 308 g/mol. The summed E-state index contributed by atoms with van der Waals surface area (Å²) in [5.41, 5.74) is 0.574. The van der Waals surface area contributed by atoms with Crippen molar-refractivity contribution in [3.8, 4) is 0 Å². The van der Waals surface area contributed by atoms with Crippen molar-refractivity contribution < 1.29 is 18.7 Å². The summed E-state index contributed by atoms with van der Waals surface area (Å²) in [6.07, 6.45) is 2.82. The zero-order valence-electron chi connectivity index (χ0n) is 15.1. The van der Waals surface area contributed by atoms with Crippen molar-refractivity contribution >= 4 is 11.8 Å². The molecule has 2 atom stereocenters. The summed E-state index contributed by atoms with van der Waals surface area (Å²) in [6, 6.07) is 1.69. The first kappa shape index (κ1) is 18.5. The van der Waals surface area contributed by atoms with Gasteiger partial charge in [-0.15, -0.1) is 0 Å². The van der Waals surface area contributed by atoms with Crippen molar-refractivity contribution in [2.45, 2.75) is 52.7 Å². The van der Waals surface area contributed by atoms with Crippen LogP contribution in [0.5, 0.6) is 0 Å². The fraction of sp³-hybridized carbons (Fsp3) is 0.667. The molecule has 1 aliphatic heterocycles. The highest BCUT2D eigenvalue weighted by Gasteiger charge is 2.26. The van der Waals surface area contributed by atoms with E-state index in [9.17, 15) is 9.59 Å². The molecule has 1 aromatic rings. The second-order valence-corrected chi connectivity index (χ2v) is 6.49. The molecule has 0 unspecified atom stereocenters. The lowest BCUT2D eigenvalue weighted by atomic mass is 10.2. The van der Waals surface area contributed by atoms with Gasteiger partial charge in [0.1, 0.15) is 5.76 Å². The monoisotopic (exact) mass is 336 g/mol. The highest BCUT2D eigenvalue weighted by Crippen LogP contribution is 2.15. The Morgan fingerprint density at radius 3 is 2.46 bits per heavy atom. The molecule has 2 amide bonds. The van der Waals surface area contributed by atoms with E-state index in [1.807, 2.05) is 25.7 Å². The number of furan rings is 1. The lowest BCUT2D eigenvalue weighted by Crippen LogP contribution is -2.49. The van der Waals surface area contributed by atoms with E-state index in [1.165, 1.54) is 6.26 Å². The maximum Gasteiger partial charge on any atom is 0.257 e. The first-order chi connectivity index (χ1) is 11.4. The Labute approximate surface area is 143 Å². The zero-order valence-corrected chi connectivity index (χ0v) is 15.1. The normalized spacial score (nSPS) is 20.9. The maximum atomic E-state index is 12.6. The van der Waals surface area contributed by atoms with Crippen molar-refractivity contribution in [1.29, 1.82) is 0 Å². The second-order valence-electron chi connectivity index (χ2n) is 6.49. The van der Waals surface area contributed by atoms with Crippen LogP contribution in [0.4, 0.5) is 0 Å². The largest absolute Gasteiger partial charge is 0.469 e. The fourth-order valence-electron chi connectivity index (χ4n) is 3.13. The summed E-state index contributed by atoms with van der Waals surface area (Å²) < 4.78 is 10.9. The topological polar surface area (TPSA) is 63.0 Å².